The number of aromatic amines is 1. The number of hydrogen-bond donors (Lipinski definition) is 2. The minimum Gasteiger partial charge on any atom is -0.384 e. The lowest BCUT2D eigenvalue weighted by Gasteiger charge is -2.22. The number of halogens is 1. The summed E-state index contributed by atoms with van der Waals surface area (Å²) in [6.07, 6.45) is 4.51. The van der Waals surface area contributed by atoms with Gasteiger partial charge < -0.3 is 10.7 Å². The second kappa shape index (κ2) is 8.03. The third-order valence-electron chi connectivity index (χ3n) is 4.90. The van der Waals surface area contributed by atoms with Crippen molar-refractivity contribution in [3.8, 4) is 23.3 Å². The number of nitrogens with zero attached hydrogens (tertiary/aromatic N) is 3. The van der Waals surface area contributed by atoms with Gasteiger partial charge in [0.1, 0.15) is 34.9 Å². The van der Waals surface area contributed by atoms with Crippen molar-refractivity contribution in [1.82, 2.24) is 9.88 Å². The molecule has 1 aromatic heterocycles. The predicted molar refractivity (Wildman–Crippen MR) is 100 cm³/mol. The molecule has 2 heterocycles. The maximum Gasteiger partial charge on any atom is 0.268 e. The van der Waals surface area contributed by atoms with Crippen LogP contribution in [0, 0.1) is 28.5 Å². The van der Waals surface area contributed by atoms with Crippen LogP contribution in [0.25, 0.3) is 11.1 Å². The zero-order valence-corrected chi connectivity index (χ0v) is 14.9. The van der Waals surface area contributed by atoms with Crippen molar-refractivity contribution in [2.45, 2.75) is 32.2 Å². The zero-order chi connectivity index (χ0) is 19.4. The summed E-state index contributed by atoms with van der Waals surface area (Å²) in [4.78, 5) is 16.8. The number of benzene rings is 1. The molecule has 1 fully saturated rings. The van der Waals surface area contributed by atoms with Crippen molar-refractivity contribution >= 4 is 5.82 Å². The molecular weight excluding hydrogens is 345 g/mol. The quantitative estimate of drug-likeness (QED) is 0.869. The van der Waals surface area contributed by atoms with Gasteiger partial charge in [0.05, 0.1) is 0 Å². The van der Waals surface area contributed by atoms with E-state index in [0.717, 1.165) is 25.9 Å². The molecule has 6 nitrogen and oxygen atoms in total. The fraction of sp³-hybridized carbons (Fsp3) is 0.350. The Hall–Kier alpha value is -3.16. The highest BCUT2D eigenvalue weighted by Gasteiger charge is 2.22. The summed E-state index contributed by atoms with van der Waals surface area (Å²) >= 11 is 0. The fourth-order valence-electron chi connectivity index (χ4n) is 3.58. The van der Waals surface area contributed by atoms with Gasteiger partial charge in [0, 0.05) is 12.1 Å². The normalized spacial score (nSPS) is 14.9. The van der Waals surface area contributed by atoms with Crippen LogP contribution in [0.1, 0.15) is 42.4 Å². The van der Waals surface area contributed by atoms with Crippen molar-refractivity contribution in [3.05, 3.63) is 51.1 Å². The van der Waals surface area contributed by atoms with Gasteiger partial charge >= 0.3 is 0 Å². The Morgan fingerprint density at radius 2 is 1.78 bits per heavy atom. The Labute approximate surface area is 156 Å². The van der Waals surface area contributed by atoms with Gasteiger partial charge in [-0.1, -0.05) is 18.9 Å². The Balaban J connectivity index is 2.17. The molecule has 1 saturated heterocycles. The van der Waals surface area contributed by atoms with E-state index >= 15 is 0 Å². The highest BCUT2D eigenvalue weighted by Crippen LogP contribution is 2.32. The highest BCUT2D eigenvalue weighted by atomic mass is 19.1. The second-order valence-corrected chi connectivity index (χ2v) is 6.71. The van der Waals surface area contributed by atoms with Crippen molar-refractivity contribution in [2.75, 3.05) is 18.8 Å². The molecule has 1 aliphatic rings. The monoisotopic (exact) mass is 365 g/mol. The molecule has 2 aromatic rings. The van der Waals surface area contributed by atoms with Gasteiger partial charge in [0.15, 0.2) is 0 Å². The molecule has 0 amide bonds. The smallest absolute Gasteiger partial charge is 0.268 e. The number of nitrogens with one attached hydrogen (secondary N) is 1. The molecule has 0 unspecified atom stereocenters. The van der Waals surface area contributed by atoms with Gasteiger partial charge in [-0.05, 0) is 49.2 Å². The molecule has 138 valence electrons. The van der Waals surface area contributed by atoms with Gasteiger partial charge in [-0.15, -0.1) is 0 Å². The molecule has 0 atom stereocenters. The number of hydrogen-bond acceptors (Lipinski definition) is 5. The number of nitriles is 2. The van der Waals surface area contributed by atoms with E-state index in [1.165, 1.54) is 31.0 Å². The number of pyridine rings is 1. The van der Waals surface area contributed by atoms with Crippen LogP contribution in [0.3, 0.4) is 0 Å². The molecule has 3 rings (SSSR count). The maximum absolute atomic E-state index is 14.0. The van der Waals surface area contributed by atoms with Gasteiger partial charge in [-0.25, -0.2) is 4.39 Å². The van der Waals surface area contributed by atoms with Gasteiger partial charge in [-0.2, -0.15) is 10.5 Å². The summed E-state index contributed by atoms with van der Waals surface area (Å²) < 4.78 is 14.0. The Morgan fingerprint density at radius 1 is 1.11 bits per heavy atom. The summed E-state index contributed by atoms with van der Waals surface area (Å²) in [5.41, 5.74) is 6.28. The van der Waals surface area contributed by atoms with Crippen molar-refractivity contribution in [2.24, 2.45) is 0 Å². The Kier molecular flexibility index (Phi) is 5.54. The first-order valence-corrected chi connectivity index (χ1v) is 8.92. The van der Waals surface area contributed by atoms with Crippen LogP contribution in [0.4, 0.5) is 10.2 Å². The summed E-state index contributed by atoms with van der Waals surface area (Å²) in [7, 11) is 0. The molecule has 1 aromatic carbocycles. The van der Waals surface area contributed by atoms with Gasteiger partial charge in [0.2, 0.25) is 0 Å². The molecule has 3 N–H and O–H groups in total. The third-order valence-corrected chi connectivity index (χ3v) is 4.90. The molecular formula is C20H20FN5O. The minimum absolute atomic E-state index is 0.0230. The van der Waals surface area contributed by atoms with E-state index in [9.17, 15) is 19.7 Å². The van der Waals surface area contributed by atoms with E-state index in [2.05, 4.69) is 9.88 Å². The largest absolute Gasteiger partial charge is 0.384 e. The van der Waals surface area contributed by atoms with Crippen LogP contribution >= 0.6 is 0 Å². The highest BCUT2D eigenvalue weighted by molar-refractivity contribution is 5.81. The SMILES string of the molecule is N#Cc1c(N)[nH]c(=O)c(C#N)c1-c1ccc(F)cc1CN1CCCCCC1. The standard InChI is InChI=1S/C20H20FN5O/c21-14-5-6-15(13(9-14)12-26-7-3-1-2-4-8-26)18-16(10-22)19(24)25-20(27)17(18)11-23/h5-6,9H,1-4,7-8,12H2,(H3,24,25,27). The molecule has 1 aliphatic heterocycles. The lowest BCUT2D eigenvalue weighted by molar-refractivity contribution is 0.277. The van der Waals surface area contributed by atoms with Crippen LogP contribution in [0.2, 0.25) is 0 Å². The summed E-state index contributed by atoms with van der Waals surface area (Å²) in [5, 5.41) is 19.0. The summed E-state index contributed by atoms with van der Waals surface area (Å²) in [5.74, 6) is -0.500. The Morgan fingerprint density at radius 3 is 2.41 bits per heavy atom. The van der Waals surface area contributed by atoms with Crippen molar-refractivity contribution in [3.63, 3.8) is 0 Å². The van der Waals surface area contributed by atoms with E-state index in [4.69, 9.17) is 5.73 Å². The molecule has 7 heteroatoms. The van der Waals surface area contributed by atoms with E-state index in [1.807, 2.05) is 12.1 Å². The number of aromatic nitrogens is 1. The topological polar surface area (TPSA) is 110 Å². The number of rotatable bonds is 3. The fourth-order valence-corrected chi connectivity index (χ4v) is 3.58. The van der Waals surface area contributed by atoms with E-state index in [-0.39, 0.29) is 22.5 Å². The van der Waals surface area contributed by atoms with Crippen LogP contribution in [-0.2, 0) is 6.54 Å². The number of H-pyrrole nitrogens is 1. The molecule has 0 spiro atoms. The predicted octanol–water partition coefficient (Wildman–Crippen LogP) is 2.88. The average Bonchev–Trinajstić information content (AvgIpc) is 2.90. The third kappa shape index (κ3) is 3.84. The van der Waals surface area contributed by atoms with Crippen LogP contribution in [0.5, 0.6) is 0 Å². The molecule has 0 radical (unpaired) electrons. The molecule has 27 heavy (non-hydrogen) atoms. The second-order valence-electron chi connectivity index (χ2n) is 6.71. The minimum atomic E-state index is -0.658. The molecule has 0 saturated carbocycles. The first-order valence-electron chi connectivity index (χ1n) is 8.92. The number of nitrogen functional groups attached to an aromatic ring is 1. The van der Waals surface area contributed by atoms with Crippen LogP contribution in [-0.4, -0.2) is 23.0 Å². The van der Waals surface area contributed by atoms with E-state index in [1.54, 1.807) is 0 Å². The van der Waals surface area contributed by atoms with E-state index in [0.29, 0.717) is 17.7 Å². The first-order chi connectivity index (χ1) is 13.0. The van der Waals surface area contributed by atoms with Gasteiger partial charge in [-0.3, -0.25) is 9.69 Å². The zero-order valence-electron chi connectivity index (χ0n) is 14.9. The summed E-state index contributed by atoms with van der Waals surface area (Å²) in [6, 6.07) is 8.01. The summed E-state index contributed by atoms with van der Waals surface area (Å²) in [6.45, 7) is 2.29. The maximum atomic E-state index is 14.0. The average molecular weight is 365 g/mol. The molecule has 0 bridgehead atoms. The van der Waals surface area contributed by atoms with E-state index < -0.39 is 11.4 Å². The van der Waals surface area contributed by atoms with Gasteiger partial charge in [0.25, 0.3) is 5.56 Å². The number of nitrogens with two attached hydrogens (primary N) is 1. The molecule has 0 aliphatic carbocycles. The van der Waals surface area contributed by atoms with Crippen LogP contribution in [0.15, 0.2) is 23.0 Å². The lowest BCUT2D eigenvalue weighted by atomic mass is 9.92. The lowest BCUT2D eigenvalue weighted by Crippen LogP contribution is -2.24. The van der Waals surface area contributed by atoms with Crippen molar-refractivity contribution < 1.29 is 4.39 Å². The number of likely N-dealkylation sites (tertiary alicyclic amines) is 1. The Bertz CT molecular complexity index is 991. The first kappa shape index (κ1) is 18.6. The van der Waals surface area contributed by atoms with Crippen molar-refractivity contribution in [1.29, 1.82) is 10.5 Å². The number of anilines is 1. The van der Waals surface area contributed by atoms with Crippen LogP contribution < -0.4 is 11.3 Å².